The number of aromatic nitrogens is 2. The molecule has 60 heavy (non-hydrogen) atoms. The summed E-state index contributed by atoms with van der Waals surface area (Å²) in [5.41, 5.74) is 4.19. The van der Waals surface area contributed by atoms with Crippen LogP contribution in [0.1, 0.15) is 32.3 Å². The van der Waals surface area contributed by atoms with Gasteiger partial charge in [-0.25, -0.2) is 18.4 Å². The summed E-state index contributed by atoms with van der Waals surface area (Å²) in [6.45, 7) is 6.87. The molecule has 0 radical (unpaired) electrons. The number of nitro benzene ring substituents is 1. The topological polar surface area (TPSA) is 143 Å². The maximum atomic E-state index is 13.8. The zero-order valence-corrected chi connectivity index (χ0v) is 36.0. The average Bonchev–Trinajstić information content (AvgIpc) is 3.24. The van der Waals surface area contributed by atoms with Crippen LogP contribution in [0.4, 0.5) is 22.9 Å². The van der Waals surface area contributed by atoms with Gasteiger partial charge < -0.3 is 19.9 Å². The Morgan fingerprint density at radius 3 is 2.32 bits per heavy atom. The van der Waals surface area contributed by atoms with Gasteiger partial charge in [-0.2, -0.15) is 0 Å². The summed E-state index contributed by atoms with van der Waals surface area (Å²) in [6.07, 6.45) is 3.75. The second-order valence-corrected chi connectivity index (χ2v) is 18.8. The van der Waals surface area contributed by atoms with Gasteiger partial charge in [0.1, 0.15) is 12.0 Å². The standard InChI is InChI=1S/C46H51N7O5S2/c1-45(2,32-59-37-16-9-6-10-17-37)49-41-22-20-38(30-43(41)53(54)55)60(56,57)50-44-40-21-19-36(29-42(40)47-33-48-44)52-25-23-46(24-26-52,58-28-27-51(3)4)31-35-15-11-12-18-39(35)34-13-7-5-8-14-34/h5-22,29-30,33,49H,23-28,31-32H2,1-4H3,(H,47,48,50). The predicted molar refractivity (Wildman–Crippen MR) is 243 cm³/mol. The van der Waals surface area contributed by atoms with E-state index in [1.165, 1.54) is 35.2 Å². The first-order chi connectivity index (χ1) is 28.8. The highest BCUT2D eigenvalue weighted by Crippen LogP contribution is 2.37. The lowest BCUT2D eigenvalue weighted by atomic mass is 9.82. The third-order valence-electron chi connectivity index (χ3n) is 10.7. The molecule has 1 aliphatic heterocycles. The largest absolute Gasteiger partial charge is 0.374 e. The molecule has 0 saturated carbocycles. The molecule has 7 rings (SSSR count). The molecule has 5 aromatic carbocycles. The zero-order valence-electron chi connectivity index (χ0n) is 34.4. The van der Waals surface area contributed by atoms with Crippen molar-refractivity contribution >= 4 is 55.6 Å². The minimum absolute atomic E-state index is 0.0829. The van der Waals surface area contributed by atoms with E-state index in [2.05, 4.69) is 92.4 Å². The second-order valence-electron chi connectivity index (χ2n) is 16.1. The number of nitro groups is 1. The van der Waals surface area contributed by atoms with Gasteiger partial charge in [0, 0.05) is 59.4 Å². The number of anilines is 3. The molecule has 0 aliphatic carbocycles. The molecule has 1 aromatic heterocycles. The van der Waals surface area contributed by atoms with Crippen molar-refractivity contribution in [2.24, 2.45) is 0 Å². The molecule has 0 amide bonds. The van der Waals surface area contributed by atoms with E-state index in [9.17, 15) is 18.5 Å². The first-order valence-corrected chi connectivity index (χ1v) is 22.5. The number of sulfonamides is 1. The molecule has 14 heteroatoms. The van der Waals surface area contributed by atoms with Crippen molar-refractivity contribution in [2.45, 2.75) is 54.0 Å². The molecule has 2 heterocycles. The maximum absolute atomic E-state index is 13.8. The Hall–Kier alpha value is -5.54. The smallest absolute Gasteiger partial charge is 0.293 e. The molecule has 0 bridgehead atoms. The Morgan fingerprint density at radius 2 is 1.60 bits per heavy atom. The van der Waals surface area contributed by atoms with Crippen LogP contribution in [0.5, 0.6) is 0 Å². The van der Waals surface area contributed by atoms with Crippen molar-refractivity contribution in [2.75, 3.05) is 61.0 Å². The number of rotatable bonds is 17. The van der Waals surface area contributed by atoms with Gasteiger partial charge in [-0.05, 0) is 99.9 Å². The summed E-state index contributed by atoms with van der Waals surface area (Å²) in [7, 11) is -0.164. The van der Waals surface area contributed by atoms with E-state index in [-0.39, 0.29) is 27.7 Å². The van der Waals surface area contributed by atoms with Crippen molar-refractivity contribution in [3.63, 3.8) is 0 Å². The third kappa shape index (κ3) is 10.4. The number of fused-ring (bicyclic) bond motifs is 1. The fourth-order valence-electron chi connectivity index (χ4n) is 7.54. The number of piperidine rings is 1. The molecular formula is C46H51N7O5S2. The summed E-state index contributed by atoms with van der Waals surface area (Å²) in [4.78, 5) is 25.7. The summed E-state index contributed by atoms with van der Waals surface area (Å²) in [6, 6.07) is 38.5. The van der Waals surface area contributed by atoms with Crippen LogP contribution in [0.25, 0.3) is 22.0 Å². The van der Waals surface area contributed by atoms with Crippen LogP contribution in [0.2, 0.25) is 0 Å². The molecule has 1 fully saturated rings. The van der Waals surface area contributed by atoms with E-state index in [0.717, 1.165) is 55.5 Å². The molecule has 0 unspecified atom stereocenters. The summed E-state index contributed by atoms with van der Waals surface area (Å²) >= 11 is 1.62. The van der Waals surface area contributed by atoms with Crippen molar-refractivity contribution in [1.82, 2.24) is 14.9 Å². The Morgan fingerprint density at radius 1 is 0.900 bits per heavy atom. The number of hydrogen-bond acceptors (Lipinski definition) is 11. The van der Waals surface area contributed by atoms with Crippen LogP contribution in [0.15, 0.2) is 137 Å². The lowest BCUT2D eigenvalue weighted by Gasteiger charge is -2.43. The molecule has 0 spiro atoms. The molecular weight excluding hydrogens is 795 g/mol. The van der Waals surface area contributed by atoms with Crippen LogP contribution >= 0.6 is 11.8 Å². The highest BCUT2D eigenvalue weighted by molar-refractivity contribution is 7.99. The number of benzene rings is 5. The normalized spacial score (nSPS) is 14.3. The fraction of sp³-hybridized carbons (Fsp3) is 0.304. The van der Waals surface area contributed by atoms with Crippen LogP contribution in [0.3, 0.4) is 0 Å². The van der Waals surface area contributed by atoms with Gasteiger partial charge in [0.2, 0.25) is 0 Å². The van der Waals surface area contributed by atoms with Gasteiger partial charge in [0.25, 0.3) is 15.7 Å². The van der Waals surface area contributed by atoms with Crippen LogP contribution < -0.4 is 14.9 Å². The molecule has 1 saturated heterocycles. The lowest BCUT2D eigenvalue weighted by Crippen LogP contribution is -2.48. The van der Waals surface area contributed by atoms with Crippen molar-refractivity contribution in [1.29, 1.82) is 0 Å². The van der Waals surface area contributed by atoms with E-state index in [0.29, 0.717) is 23.3 Å². The van der Waals surface area contributed by atoms with Gasteiger partial charge in [-0.3, -0.25) is 14.8 Å². The number of ether oxygens (including phenoxy) is 1. The number of hydrogen-bond donors (Lipinski definition) is 2. The second kappa shape index (κ2) is 18.4. The highest BCUT2D eigenvalue weighted by atomic mass is 32.2. The number of thioether (sulfide) groups is 1. The Bertz CT molecular complexity index is 2530. The minimum Gasteiger partial charge on any atom is -0.374 e. The number of nitrogens with zero attached hydrogens (tertiary/aromatic N) is 5. The average molecular weight is 846 g/mol. The van der Waals surface area contributed by atoms with Gasteiger partial charge in [-0.1, -0.05) is 72.8 Å². The SMILES string of the molecule is CN(C)CCOC1(Cc2ccccc2-c2ccccc2)CCN(c2ccc3c(NS(=O)(=O)c4ccc(NC(C)(C)CSc5ccccc5)c([N+](=O)[O-])c4)ncnc3c2)CC1. The molecule has 6 aromatic rings. The monoisotopic (exact) mass is 845 g/mol. The molecule has 2 N–H and O–H groups in total. The fourth-order valence-corrected chi connectivity index (χ4v) is 9.53. The van der Waals surface area contributed by atoms with Gasteiger partial charge in [-0.15, -0.1) is 11.8 Å². The van der Waals surface area contributed by atoms with Crippen LogP contribution in [0, 0.1) is 10.1 Å². The lowest BCUT2D eigenvalue weighted by molar-refractivity contribution is -0.384. The summed E-state index contributed by atoms with van der Waals surface area (Å²) < 4.78 is 36.9. The van der Waals surface area contributed by atoms with Crippen molar-refractivity contribution in [3.8, 4) is 11.1 Å². The number of nitrogens with one attached hydrogen (secondary N) is 2. The summed E-state index contributed by atoms with van der Waals surface area (Å²) in [5.74, 6) is 0.700. The molecule has 12 nitrogen and oxygen atoms in total. The molecule has 1 aliphatic rings. The molecule has 0 atom stereocenters. The van der Waals surface area contributed by atoms with Crippen LogP contribution in [-0.4, -0.2) is 85.4 Å². The van der Waals surface area contributed by atoms with E-state index in [1.54, 1.807) is 11.8 Å². The Kier molecular flexibility index (Phi) is 13.0. The van der Waals surface area contributed by atoms with E-state index < -0.39 is 20.5 Å². The van der Waals surface area contributed by atoms with Gasteiger partial charge in [0.15, 0.2) is 5.82 Å². The third-order valence-corrected chi connectivity index (χ3v) is 13.6. The van der Waals surface area contributed by atoms with Gasteiger partial charge in [0.05, 0.1) is 27.5 Å². The first-order valence-electron chi connectivity index (χ1n) is 20.0. The first kappa shape index (κ1) is 42.6. The van der Waals surface area contributed by atoms with Crippen molar-refractivity contribution in [3.05, 3.63) is 143 Å². The van der Waals surface area contributed by atoms with Crippen molar-refractivity contribution < 1.29 is 18.1 Å². The van der Waals surface area contributed by atoms with E-state index >= 15 is 0 Å². The Labute approximate surface area is 356 Å². The maximum Gasteiger partial charge on any atom is 0.293 e. The van der Waals surface area contributed by atoms with Crippen LogP contribution in [-0.2, 0) is 21.2 Å². The Balaban J connectivity index is 1.06. The predicted octanol–water partition coefficient (Wildman–Crippen LogP) is 9.15. The zero-order chi connectivity index (χ0) is 42.3. The molecule has 312 valence electrons. The quantitative estimate of drug-likeness (QED) is 0.0516. The number of likely N-dealkylation sites (N-methyl/N-ethyl adjacent to an activating group) is 1. The van der Waals surface area contributed by atoms with Gasteiger partial charge >= 0.3 is 0 Å². The summed E-state index contributed by atoms with van der Waals surface area (Å²) in [5, 5.41) is 16.0. The minimum atomic E-state index is -4.28. The van der Waals surface area contributed by atoms with E-state index in [4.69, 9.17) is 4.74 Å². The van der Waals surface area contributed by atoms with E-state index in [1.807, 2.05) is 68.4 Å². The highest BCUT2D eigenvalue weighted by Gasteiger charge is 2.37.